The van der Waals surface area contributed by atoms with Crippen LogP contribution in [-0.4, -0.2) is 138 Å². The Hall–Kier alpha value is -7.18. The lowest BCUT2D eigenvalue weighted by molar-refractivity contribution is -0.138. The van der Waals surface area contributed by atoms with Crippen molar-refractivity contribution in [1.82, 2.24) is 67.1 Å². The van der Waals surface area contributed by atoms with Crippen molar-refractivity contribution in [3.05, 3.63) is 54.7 Å². The molecular formula is C34H49N15O10. The molecule has 3 rings (SSSR count). The van der Waals surface area contributed by atoms with Gasteiger partial charge in [0, 0.05) is 61.4 Å². The molecular weight excluding hydrogens is 778 g/mol. The minimum Gasteiger partial charge on any atom is -0.480 e. The number of hydrogen-bond donors (Lipinski definition) is 13. The summed E-state index contributed by atoms with van der Waals surface area (Å²) in [6.07, 6.45) is 7.64. The van der Waals surface area contributed by atoms with Crippen LogP contribution in [0, 0.1) is 5.92 Å². The summed E-state index contributed by atoms with van der Waals surface area (Å²) in [4.78, 5) is 134. The van der Waals surface area contributed by atoms with Crippen molar-refractivity contribution in [2.45, 2.75) is 76.2 Å². The number of H-pyrrole nitrogens is 3. The molecule has 15 N–H and O–H groups in total. The van der Waals surface area contributed by atoms with E-state index >= 15 is 0 Å². The average Bonchev–Trinajstić information content (AvgIpc) is 4.00. The van der Waals surface area contributed by atoms with E-state index in [1.165, 1.54) is 37.6 Å². The summed E-state index contributed by atoms with van der Waals surface area (Å²) < 4.78 is 0. The highest BCUT2D eigenvalue weighted by Crippen LogP contribution is 2.07. The van der Waals surface area contributed by atoms with E-state index in [9.17, 15) is 43.2 Å². The summed E-state index contributed by atoms with van der Waals surface area (Å²) in [6.45, 7) is 1.28. The third-order valence-corrected chi connectivity index (χ3v) is 8.41. The minimum absolute atomic E-state index is 0.0823. The van der Waals surface area contributed by atoms with Crippen molar-refractivity contribution in [3.8, 4) is 0 Å². The SMILES string of the molecule is CC(C)[C@H](NC(=O)CNC(=O)[C@H](Cc1cnc[nH]1)NC(=O)[C@H](CCC(N)=O)NC(=O)CNC(=O)[C@@H](N)Cc1cnc[nH]1)C(=O)N[C@@H](Cc1cnc[nH]1)C(=O)NCC(=O)O. The molecule has 25 heteroatoms. The number of rotatable bonds is 25. The number of hydrogen-bond acceptors (Lipinski definition) is 13. The molecule has 3 aromatic rings. The molecule has 0 aliphatic carbocycles. The second-order valence-electron chi connectivity index (χ2n) is 13.5. The van der Waals surface area contributed by atoms with Gasteiger partial charge in [-0.05, 0) is 12.3 Å². The summed E-state index contributed by atoms with van der Waals surface area (Å²) in [5.74, 6) is -8.26. The van der Waals surface area contributed by atoms with E-state index < -0.39 is 109 Å². The zero-order valence-electron chi connectivity index (χ0n) is 32.2. The number of aliphatic carboxylic acids is 1. The molecule has 3 aromatic heterocycles. The lowest BCUT2D eigenvalue weighted by Crippen LogP contribution is -2.58. The zero-order chi connectivity index (χ0) is 43.5. The first-order chi connectivity index (χ1) is 28.0. The second kappa shape index (κ2) is 23.1. The third-order valence-electron chi connectivity index (χ3n) is 8.41. The highest BCUT2D eigenvalue weighted by atomic mass is 16.4. The lowest BCUT2D eigenvalue weighted by atomic mass is 10.0. The van der Waals surface area contributed by atoms with Gasteiger partial charge in [0.05, 0.1) is 38.1 Å². The quantitative estimate of drug-likeness (QED) is 0.0379. The van der Waals surface area contributed by atoms with Crippen LogP contribution in [0.4, 0.5) is 0 Å². The number of carboxylic acids is 1. The van der Waals surface area contributed by atoms with E-state index in [0.29, 0.717) is 17.1 Å². The van der Waals surface area contributed by atoms with E-state index in [-0.39, 0.29) is 32.1 Å². The van der Waals surface area contributed by atoms with E-state index in [1.54, 1.807) is 13.8 Å². The van der Waals surface area contributed by atoms with E-state index in [2.05, 4.69) is 67.1 Å². The highest BCUT2D eigenvalue weighted by molar-refractivity contribution is 5.96. The smallest absolute Gasteiger partial charge is 0.322 e. The Labute approximate surface area is 336 Å². The maximum atomic E-state index is 13.5. The molecule has 0 aliphatic rings. The zero-order valence-corrected chi connectivity index (χ0v) is 32.2. The summed E-state index contributed by atoms with van der Waals surface area (Å²) in [5.41, 5.74) is 12.6. The lowest BCUT2D eigenvalue weighted by Gasteiger charge is -2.25. The Balaban J connectivity index is 1.64. The van der Waals surface area contributed by atoms with Gasteiger partial charge in [-0.15, -0.1) is 0 Å². The van der Waals surface area contributed by atoms with Crippen molar-refractivity contribution in [1.29, 1.82) is 0 Å². The fraction of sp³-hybridized carbons (Fsp3) is 0.471. The predicted molar refractivity (Wildman–Crippen MR) is 203 cm³/mol. The van der Waals surface area contributed by atoms with E-state index in [0.717, 1.165) is 0 Å². The average molecular weight is 828 g/mol. The Morgan fingerprint density at radius 1 is 0.610 bits per heavy atom. The largest absolute Gasteiger partial charge is 0.480 e. The number of nitrogens with one attached hydrogen (secondary N) is 10. The first-order valence-electron chi connectivity index (χ1n) is 18.2. The normalized spacial score (nSPS) is 13.4. The maximum absolute atomic E-state index is 13.5. The van der Waals surface area contributed by atoms with Gasteiger partial charge in [0.2, 0.25) is 47.3 Å². The van der Waals surface area contributed by atoms with Crippen LogP contribution < -0.4 is 48.7 Å². The van der Waals surface area contributed by atoms with Crippen LogP contribution in [0.15, 0.2) is 37.6 Å². The number of amides is 8. The van der Waals surface area contributed by atoms with Crippen LogP contribution in [0.1, 0.15) is 43.8 Å². The number of nitrogens with zero attached hydrogens (tertiary/aromatic N) is 3. The molecule has 0 fully saturated rings. The highest BCUT2D eigenvalue weighted by Gasteiger charge is 2.31. The van der Waals surface area contributed by atoms with Gasteiger partial charge in [0.1, 0.15) is 30.7 Å². The Kier molecular flexibility index (Phi) is 18.1. The van der Waals surface area contributed by atoms with E-state index in [4.69, 9.17) is 16.6 Å². The van der Waals surface area contributed by atoms with E-state index in [1.807, 2.05) is 0 Å². The van der Waals surface area contributed by atoms with Gasteiger partial charge in [-0.1, -0.05) is 13.8 Å². The molecule has 0 spiro atoms. The van der Waals surface area contributed by atoms with Gasteiger partial charge in [-0.3, -0.25) is 43.2 Å². The van der Waals surface area contributed by atoms with Gasteiger partial charge < -0.3 is 68.7 Å². The molecule has 0 saturated carbocycles. The number of primary amides is 1. The van der Waals surface area contributed by atoms with Gasteiger partial charge in [0.15, 0.2) is 0 Å². The number of nitrogens with two attached hydrogens (primary N) is 2. The number of carbonyl (C=O) groups excluding carboxylic acids is 8. The monoisotopic (exact) mass is 827 g/mol. The molecule has 8 amide bonds. The molecule has 5 atom stereocenters. The maximum Gasteiger partial charge on any atom is 0.322 e. The molecule has 0 bridgehead atoms. The van der Waals surface area contributed by atoms with Gasteiger partial charge >= 0.3 is 5.97 Å². The minimum atomic E-state index is -1.40. The van der Waals surface area contributed by atoms with Gasteiger partial charge in [-0.25, -0.2) is 15.0 Å². The number of imidazole rings is 3. The first kappa shape index (κ1) is 46.2. The Morgan fingerprint density at radius 3 is 1.53 bits per heavy atom. The number of carboxylic acid groups (broad SMARTS) is 1. The summed E-state index contributed by atoms with van der Waals surface area (Å²) in [7, 11) is 0. The third kappa shape index (κ3) is 16.4. The fourth-order valence-electron chi connectivity index (χ4n) is 5.35. The number of aromatic amines is 3. The van der Waals surface area contributed by atoms with Crippen LogP contribution in [0.3, 0.4) is 0 Å². The Morgan fingerprint density at radius 2 is 1.07 bits per heavy atom. The summed E-state index contributed by atoms with van der Waals surface area (Å²) in [5, 5.41) is 25.9. The molecule has 25 nitrogen and oxygen atoms in total. The number of carbonyl (C=O) groups is 9. The summed E-state index contributed by atoms with van der Waals surface area (Å²) in [6, 6.07) is -6.27. The topological polar surface area (TPSA) is 396 Å². The molecule has 0 unspecified atom stereocenters. The van der Waals surface area contributed by atoms with Crippen molar-refractivity contribution in [2.24, 2.45) is 17.4 Å². The molecule has 0 aliphatic heterocycles. The number of aromatic nitrogens is 6. The molecule has 0 aromatic carbocycles. The predicted octanol–water partition coefficient (Wildman–Crippen LogP) is -5.50. The van der Waals surface area contributed by atoms with Gasteiger partial charge in [0.25, 0.3) is 0 Å². The second-order valence-corrected chi connectivity index (χ2v) is 13.5. The van der Waals surface area contributed by atoms with Gasteiger partial charge in [-0.2, -0.15) is 0 Å². The first-order valence-corrected chi connectivity index (χ1v) is 18.2. The molecule has 0 radical (unpaired) electrons. The molecule has 320 valence electrons. The van der Waals surface area contributed by atoms with Crippen molar-refractivity contribution in [2.75, 3.05) is 19.6 Å². The summed E-state index contributed by atoms with van der Waals surface area (Å²) >= 11 is 0. The van der Waals surface area contributed by atoms with Crippen molar-refractivity contribution < 1.29 is 48.3 Å². The van der Waals surface area contributed by atoms with Crippen LogP contribution in [0.5, 0.6) is 0 Å². The molecule has 3 heterocycles. The fourth-order valence-corrected chi connectivity index (χ4v) is 5.35. The molecule has 59 heavy (non-hydrogen) atoms. The molecule has 0 saturated heterocycles. The Bertz CT molecular complexity index is 1880. The van der Waals surface area contributed by atoms with Crippen LogP contribution in [0.25, 0.3) is 0 Å². The van der Waals surface area contributed by atoms with Crippen LogP contribution in [0.2, 0.25) is 0 Å². The van der Waals surface area contributed by atoms with Crippen molar-refractivity contribution in [3.63, 3.8) is 0 Å². The van der Waals surface area contributed by atoms with Crippen LogP contribution in [-0.2, 0) is 62.4 Å². The van der Waals surface area contributed by atoms with Crippen LogP contribution >= 0.6 is 0 Å². The standard InChI is InChI=1S/C34H49N15O10/c1-17(2)29(34(59)48-24(7-20-10-39-16-45-20)32(57)42-13-28(53)54)49-27(52)12-41-31(56)23(6-19-9-38-15-44-19)47-33(58)22(3-4-25(36)50)46-26(51)11-40-30(55)21(35)5-18-8-37-14-43-18/h8-10,14-17,21-24,29H,3-7,11-13,35H2,1-2H3,(H2,36,50)(H,37,43)(H,38,44)(H,39,45)(H,40,55)(H,41,56)(H,42,57)(H,46,51)(H,47,58)(H,48,59)(H,49,52)(H,53,54)/t21-,22-,23-,24-,29-/m0/s1. The van der Waals surface area contributed by atoms with Crippen molar-refractivity contribution >= 4 is 53.2 Å².